The van der Waals surface area contributed by atoms with Gasteiger partial charge in [-0.2, -0.15) is 5.10 Å². The molecule has 0 atom stereocenters. The average Bonchev–Trinajstić information content (AvgIpc) is 2.47. The maximum atomic E-state index is 5.82. The van der Waals surface area contributed by atoms with Gasteiger partial charge in [-0.1, -0.05) is 11.6 Å². The van der Waals surface area contributed by atoms with Crippen molar-refractivity contribution < 1.29 is 0 Å². The van der Waals surface area contributed by atoms with Crippen LogP contribution in [0.2, 0.25) is 5.15 Å². The number of rotatable bonds is 1. The summed E-state index contributed by atoms with van der Waals surface area (Å²) in [5.74, 6) is 0. The Kier molecular flexibility index (Phi) is 2.42. The van der Waals surface area contributed by atoms with Crippen LogP contribution in [0, 0.1) is 3.70 Å². The van der Waals surface area contributed by atoms with Crippen molar-refractivity contribution in [1.29, 1.82) is 0 Å². The van der Waals surface area contributed by atoms with Crippen molar-refractivity contribution in [2.75, 3.05) is 0 Å². The lowest BCUT2D eigenvalue weighted by atomic mass is 10.3. The van der Waals surface area contributed by atoms with Gasteiger partial charge >= 0.3 is 0 Å². The Labute approximate surface area is 94.2 Å². The predicted molar refractivity (Wildman–Crippen MR) is 60.9 cm³/mol. The monoisotopic (exact) mass is 307 g/mol. The first-order valence-corrected chi connectivity index (χ1v) is 5.35. The fourth-order valence-electron chi connectivity index (χ4n) is 1.28. The number of hydrogen-bond donors (Lipinski definition) is 0. The number of fused-ring (bicyclic) bond motifs is 1. The van der Waals surface area contributed by atoms with Gasteiger partial charge in [0, 0.05) is 11.9 Å². The molecule has 0 saturated heterocycles. The molecule has 0 spiro atoms. The van der Waals surface area contributed by atoms with Crippen LogP contribution >= 0.6 is 34.2 Å². The van der Waals surface area contributed by atoms with Gasteiger partial charge in [0.1, 0.15) is 14.4 Å². The lowest BCUT2D eigenvalue weighted by Crippen LogP contribution is -1.98. The number of halogens is 2. The summed E-state index contributed by atoms with van der Waals surface area (Å²) in [4.78, 5) is 4.17. The van der Waals surface area contributed by atoms with E-state index in [9.17, 15) is 0 Å². The largest absolute Gasteiger partial charge is 0.262 e. The molecule has 0 saturated carbocycles. The number of aryl methyl sites for hydroxylation is 1. The summed E-state index contributed by atoms with van der Waals surface area (Å²) < 4.78 is 2.82. The molecule has 68 valence electrons. The highest BCUT2D eigenvalue weighted by molar-refractivity contribution is 14.1. The first kappa shape index (κ1) is 9.21. The van der Waals surface area contributed by atoms with Crippen LogP contribution in [0.15, 0.2) is 12.3 Å². The van der Waals surface area contributed by atoms with Crippen molar-refractivity contribution in [1.82, 2.24) is 14.8 Å². The number of pyridine rings is 1. The van der Waals surface area contributed by atoms with Crippen molar-refractivity contribution in [3.05, 3.63) is 21.1 Å². The molecule has 0 aliphatic carbocycles. The van der Waals surface area contributed by atoms with Gasteiger partial charge in [0.05, 0.1) is 6.20 Å². The first-order valence-electron chi connectivity index (χ1n) is 3.90. The topological polar surface area (TPSA) is 30.7 Å². The Balaban J connectivity index is 2.82. The van der Waals surface area contributed by atoms with E-state index >= 15 is 0 Å². The molecule has 0 amide bonds. The molecule has 0 fully saturated rings. The molecule has 0 aromatic carbocycles. The van der Waals surface area contributed by atoms with Crippen LogP contribution in [0.3, 0.4) is 0 Å². The molecule has 2 aromatic heterocycles. The third-order valence-corrected chi connectivity index (χ3v) is 2.79. The van der Waals surface area contributed by atoms with E-state index in [1.807, 2.05) is 16.9 Å². The first-order chi connectivity index (χ1) is 6.22. The number of nitrogens with zero attached hydrogens (tertiary/aromatic N) is 3. The van der Waals surface area contributed by atoms with E-state index in [0.29, 0.717) is 5.15 Å². The molecule has 0 aliphatic rings. The summed E-state index contributed by atoms with van der Waals surface area (Å²) in [5.41, 5.74) is 1.06. The Morgan fingerprint density at radius 1 is 1.62 bits per heavy atom. The van der Waals surface area contributed by atoms with Crippen LogP contribution in [0.4, 0.5) is 0 Å². The standard InChI is InChI=1S/C8H7ClIN3/c1-2-13-7-5(4-11-13)3-6(9)12-8(7)10/h3-4H,2H2,1H3. The van der Waals surface area contributed by atoms with Crippen LogP contribution in [-0.4, -0.2) is 14.8 Å². The average molecular weight is 308 g/mol. The second-order valence-corrected chi connectivity index (χ2v) is 4.04. The zero-order valence-corrected chi connectivity index (χ0v) is 9.87. The van der Waals surface area contributed by atoms with E-state index in [1.165, 1.54) is 0 Å². The van der Waals surface area contributed by atoms with Crippen molar-refractivity contribution in [2.45, 2.75) is 13.5 Å². The third-order valence-electron chi connectivity index (χ3n) is 1.84. The molecule has 0 N–H and O–H groups in total. The minimum atomic E-state index is 0.521. The summed E-state index contributed by atoms with van der Waals surface area (Å²) in [6.45, 7) is 2.90. The van der Waals surface area contributed by atoms with Gasteiger partial charge in [-0.05, 0) is 35.6 Å². The van der Waals surface area contributed by atoms with Gasteiger partial charge in [-0.3, -0.25) is 4.68 Å². The third kappa shape index (κ3) is 1.52. The Hall–Kier alpha value is -0.360. The molecule has 0 radical (unpaired) electrons. The molecular weight excluding hydrogens is 300 g/mol. The van der Waals surface area contributed by atoms with Gasteiger partial charge in [0.25, 0.3) is 0 Å². The molecule has 0 bridgehead atoms. The van der Waals surface area contributed by atoms with Crippen LogP contribution in [0.1, 0.15) is 6.92 Å². The molecule has 2 heterocycles. The normalized spacial score (nSPS) is 11.0. The minimum Gasteiger partial charge on any atom is -0.262 e. The van der Waals surface area contributed by atoms with Crippen molar-refractivity contribution in [2.24, 2.45) is 0 Å². The van der Waals surface area contributed by atoms with Crippen LogP contribution in [0.25, 0.3) is 10.9 Å². The van der Waals surface area contributed by atoms with Crippen LogP contribution in [0.5, 0.6) is 0 Å². The molecular formula is C8H7ClIN3. The van der Waals surface area contributed by atoms with Gasteiger partial charge in [-0.25, -0.2) is 4.98 Å². The smallest absolute Gasteiger partial charge is 0.131 e. The highest BCUT2D eigenvalue weighted by atomic mass is 127. The summed E-state index contributed by atoms with van der Waals surface area (Å²) >= 11 is 8.00. The molecule has 0 unspecified atom stereocenters. The Morgan fingerprint density at radius 3 is 3.08 bits per heavy atom. The Morgan fingerprint density at radius 2 is 2.38 bits per heavy atom. The van der Waals surface area contributed by atoms with E-state index in [1.54, 1.807) is 0 Å². The van der Waals surface area contributed by atoms with Gasteiger partial charge in [0.15, 0.2) is 0 Å². The van der Waals surface area contributed by atoms with E-state index < -0.39 is 0 Å². The second kappa shape index (κ2) is 3.42. The van der Waals surface area contributed by atoms with Gasteiger partial charge in [-0.15, -0.1) is 0 Å². The predicted octanol–water partition coefficient (Wildman–Crippen LogP) is 2.71. The van der Waals surface area contributed by atoms with Crippen LogP contribution in [-0.2, 0) is 6.54 Å². The maximum absolute atomic E-state index is 5.82. The van der Waals surface area contributed by atoms with Crippen LogP contribution < -0.4 is 0 Å². The van der Waals surface area contributed by atoms with E-state index in [4.69, 9.17) is 11.6 Å². The van der Waals surface area contributed by atoms with Gasteiger partial charge in [0.2, 0.25) is 0 Å². The maximum Gasteiger partial charge on any atom is 0.131 e. The fourth-order valence-corrected chi connectivity index (χ4v) is 2.47. The molecule has 2 rings (SSSR count). The zero-order valence-electron chi connectivity index (χ0n) is 6.96. The molecule has 5 heteroatoms. The van der Waals surface area contributed by atoms with E-state index in [-0.39, 0.29) is 0 Å². The van der Waals surface area contributed by atoms with E-state index in [0.717, 1.165) is 21.1 Å². The molecule has 0 aliphatic heterocycles. The van der Waals surface area contributed by atoms with Gasteiger partial charge < -0.3 is 0 Å². The number of hydrogen-bond acceptors (Lipinski definition) is 2. The fraction of sp³-hybridized carbons (Fsp3) is 0.250. The molecule has 13 heavy (non-hydrogen) atoms. The molecule has 3 nitrogen and oxygen atoms in total. The summed E-state index contributed by atoms with van der Waals surface area (Å²) in [6.07, 6.45) is 1.81. The molecule has 2 aromatic rings. The Bertz CT molecular complexity index is 452. The quantitative estimate of drug-likeness (QED) is 0.599. The summed E-state index contributed by atoms with van der Waals surface area (Å²) in [6, 6.07) is 1.83. The van der Waals surface area contributed by atoms with Crippen molar-refractivity contribution in [3.63, 3.8) is 0 Å². The lowest BCUT2D eigenvalue weighted by Gasteiger charge is -2.00. The minimum absolute atomic E-state index is 0.521. The second-order valence-electron chi connectivity index (χ2n) is 2.63. The highest BCUT2D eigenvalue weighted by Gasteiger charge is 2.07. The zero-order chi connectivity index (χ0) is 9.42. The summed E-state index contributed by atoms with van der Waals surface area (Å²) in [7, 11) is 0. The SMILES string of the molecule is CCn1ncc2cc(Cl)nc(I)c21. The summed E-state index contributed by atoms with van der Waals surface area (Å²) in [5, 5.41) is 5.80. The van der Waals surface area contributed by atoms with E-state index in [2.05, 4.69) is 39.6 Å². The number of aromatic nitrogens is 3. The highest BCUT2D eigenvalue weighted by Crippen LogP contribution is 2.21. The van der Waals surface area contributed by atoms with Crippen molar-refractivity contribution in [3.8, 4) is 0 Å². The lowest BCUT2D eigenvalue weighted by molar-refractivity contribution is 0.681. The van der Waals surface area contributed by atoms with Crippen molar-refractivity contribution >= 4 is 45.1 Å².